The Morgan fingerprint density at radius 3 is 3.00 bits per heavy atom. The minimum atomic E-state index is -0.344. The lowest BCUT2D eigenvalue weighted by Gasteiger charge is -2.35. The van der Waals surface area contributed by atoms with Crippen molar-refractivity contribution in [2.45, 2.75) is 26.4 Å². The lowest BCUT2D eigenvalue weighted by atomic mass is 9.96. The highest BCUT2D eigenvalue weighted by Gasteiger charge is 2.27. The van der Waals surface area contributed by atoms with Gasteiger partial charge in [0.05, 0.1) is 12.7 Å². The minimum absolute atomic E-state index is 0.315. The highest BCUT2D eigenvalue weighted by molar-refractivity contribution is 5.67. The minimum Gasteiger partial charge on any atom is -0.476 e. The van der Waals surface area contributed by atoms with Gasteiger partial charge in [-0.2, -0.15) is 4.98 Å². The van der Waals surface area contributed by atoms with E-state index in [-0.39, 0.29) is 6.10 Å². The maximum absolute atomic E-state index is 9.92. The van der Waals surface area contributed by atoms with E-state index in [9.17, 15) is 5.11 Å². The number of aliphatic hydroxyl groups excluding tert-OH is 1. The number of ether oxygens (including phenoxy) is 1. The van der Waals surface area contributed by atoms with Crippen molar-refractivity contribution in [1.82, 2.24) is 9.97 Å². The van der Waals surface area contributed by atoms with Gasteiger partial charge in [-0.25, -0.2) is 4.98 Å². The van der Waals surface area contributed by atoms with Crippen LogP contribution < -0.4 is 15.4 Å². The number of nitrogens with zero attached hydrogens (tertiary/aromatic N) is 3. The predicted octanol–water partition coefficient (Wildman–Crippen LogP) is 0.665. The molecule has 0 aliphatic carbocycles. The number of nitrogen functional groups attached to an aromatic ring is 1. The highest BCUT2D eigenvalue weighted by Crippen LogP contribution is 2.30. The molecule has 18 heavy (non-hydrogen) atoms. The fourth-order valence-electron chi connectivity index (χ4n) is 2.12. The third kappa shape index (κ3) is 2.48. The molecule has 3 N–H and O–H groups in total. The Hall–Kier alpha value is -1.56. The van der Waals surface area contributed by atoms with Gasteiger partial charge < -0.3 is 20.5 Å². The van der Waals surface area contributed by atoms with Crippen molar-refractivity contribution in [1.29, 1.82) is 0 Å². The first kappa shape index (κ1) is 12.9. The van der Waals surface area contributed by atoms with Gasteiger partial charge in [0, 0.05) is 13.1 Å². The molecule has 2 unspecified atom stereocenters. The van der Waals surface area contributed by atoms with Crippen LogP contribution in [0.25, 0.3) is 0 Å². The molecule has 0 bridgehead atoms. The van der Waals surface area contributed by atoms with E-state index in [1.807, 2.05) is 11.8 Å². The summed E-state index contributed by atoms with van der Waals surface area (Å²) in [6.45, 7) is 5.84. The maximum Gasteiger partial charge on any atom is 0.242 e. The number of hydrogen-bond acceptors (Lipinski definition) is 6. The van der Waals surface area contributed by atoms with Crippen LogP contribution in [0.5, 0.6) is 5.88 Å². The number of rotatable bonds is 3. The molecule has 1 fully saturated rings. The average molecular weight is 252 g/mol. The van der Waals surface area contributed by atoms with Crippen molar-refractivity contribution in [2.75, 3.05) is 30.3 Å². The molecule has 0 radical (unpaired) electrons. The monoisotopic (exact) mass is 252 g/mol. The van der Waals surface area contributed by atoms with E-state index in [0.717, 1.165) is 13.0 Å². The van der Waals surface area contributed by atoms with Crippen molar-refractivity contribution in [3.8, 4) is 5.88 Å². The zero-order valence-electron chi connectivity index (χ0n) is 10.8. The first-order valence-corrected chi connectivity index (χ1v) is 6.29. The van der Waals surface area contributed by atoms with E-state index in [4.69, 9.17) is 10.5 Å². The predicted molar refractivity (Wildman–Crippen MR) is 69.6 cm³/mol. The third-order valence-electron chi connectivity index (χ3n) is 3.33. The van der Waals surface area contributed by atoms with Crippen LogP contribution in [0.3, 0.4) is 0 Å². The summed E-state index contributed by atoms with van der Waals surface area (Å²) in [6, 6.07) is 0. The van der Waals surface area contributed by atoms with Crippen LogP contribution >= 0.6 is 0 Å². The Morgan fingerprint density at radius 1 is 1.56 bits per heavy atom. The second kappa shape index (κ2) is 5.39. The first-order chi connectivity index (χ1) is 8.63. The maximum atomic E-state index is 9.92. The molecular weight excluding hydrogens is 232 g/mol. The number of aromatic nitrogens is 2. The normalized spacial score (nSPS) is 24.1. The fourth-order valence-corrected chi connectivity index (χ4v) is 2.12. The van der Waals surface area contributed by atoms with Gasteiger partial charge in [-0.3, -0.25) is 0 Å². The summed E-state index contributed by atoms with van der Waals surface area (Å²) in [5.41, 5.74) is 6.45. The zero-order valence-corrected chi connectivity index (χ0v) is 10.8. The van der Waals surface area contributed by atoms with Crippen LogP contribution in [0.1, 0.15) is 20.3 Å². The first-order valence-electron chi connectivity index (χ1n) is 6.29. The zero-order chi connectivity index (χ0) is 13.1. The van der Waals surface area contributed by atoms with E-state index >= 15 is 0 Å². The summed E-state index contributed by atoms with van der Waals surface area (Å²) in [5, 5.41) is 9.92. The summed E-state index contributed by atoms with van der Waals surface area (Å²) in [5.74, 6) is 1.38. The Balaban J connectivity index is 2.20. The van der Waals surface area contributed by atoms with E-state index in [0.29, 0.717) is 36.5 Å². The van der Waals surface area contributed by atoms with Crippen LogP contribution in [-0.4, -0.2) is 40.9 Å². The Kier molecular flexibility index (Phi) is 3.86. The topological polar surface area (TPSA) is 84.5 Å². The van der Waals surface area contributed by atoms with E-state index in [1.54, 1.807) is 0 Å². The molecule has 6 heteroatoms. The molecule has 1 saturated heterocycles. The van der Waals surface area contributed by atoms with Gasteiger partial charge >= 0.3 is 0 Å². The van der Waals surface area contributed by atoms with E-state index < -0.39 is 0 Å². The standard InChI is InChI=1S/C12H20N4O2/c1-3-18-12-10(13)11(14-7-15-12)16-5-4-8(2)9(17)6-16/h7-9,17H,3-6,13H2,1-2H3. The molecule has 1 aliphatic heterocycles. The van der Waals surface area contributed by atoms with Crippen LogP contribution in [0, 0.1) is 5.92 Å². The van der Waals surface area contributed by atoms with Gasteiger partial charge in [-0.15, -0.1) is 0 Å². The van der Waals surface area contributed by atoms with Crippen LogP contribution in [0.15, 0.2) is 6.33 Å². The van der Waals surface area contributed by atoms with Crippen molar-refractivity contribution in [3.05, 3.63) is 6.33 Å². The lowest BCUT2D eigenvalue weighted by molar-refractivity contribution is 0.102. The molecule has 0 aromatic carbocycles. The van der Waals surface area contributed by atoms with Crippen molar-refractivity contribution in [3.63, 3.8) is 0 Å². The van der Waals surface area contributed by atoms with E-state index in [1.165, 1.54) is 6.33 Å². The molecule has 1 aromatic rings. The van der Waals surface area contributed by atoms with Crippen LogP contribution in [-0.2, 0) is 0 Å². The molecule has 2 rings (SSSR count). The Bertz CT molecular complexity index is 413. The van der Waals surface area contributed by atoms with Gasteiger partial charge in [-0.05, 0) is 19.3 Å². The molecule has 2 heterocycles. The quantitative estimate of drug-likeness (QED) is 0.822. The largest absolute Gasteiger partial charge is 0.476 e. The number of aliphatic hydroxyl groups is 1. The molecule has 1 aliphatic rings. The third-order valence-corrected chi connectivity index (χ3v) is 3.33. The number of β-amino-alcohol motifs (C(OH)–C–C–N with tert-alkyl or cyclic N) is 1. The smallest absolute Gasteiger partial charge is 0.242 e. The number of nitrogens with two attached hydrogens (primary N) is 1. The summed E-state index contributed by atoms with van der Waals surface area (Å²) >= 11 is 0. The molecule has 1 aromatic heterocycles. The second-order valence-corrected chi connectivity index (χ2v) is 4.63. The molecule has 100 valence electrons. The van der Waals surface area contributed by atoms with Gasteiger partial charge in [0.2, 0.25) is 5.88 Å². The average Bonchev–Trinajstić information content (AvgIpc) is 2.36. The molecular formula is C12H20N4O2. The number of anilines is 2. The molecule has 0 spiro atoms. The molecule has 0 saturated carbocycles. The van der Waals surface area contributed by atoms with Crippen LogP contribution in [0.4, 0.5) is 11.5 Å². The van der Waals surface area contributed by atoms with Gasteiger partial charge in [0.25, 0.3) is 0 Å². The Morgan fingerprint density at radius 2 is 2.33 bits per heavy atom. The molecule has 2 atom stereocenters. The summed E-state index contributed by atoms with van der Waals surface area (Å²) in [7, 11) is 0. The van der Waals surface area contributed by atoms with E-state index in [2.05, 4.69) is 16.9 Å². The van der Waals surface area contributed by atoms with Crippen molar-refractivity contribution >= 4 is 11.5 Å². The Labute approximate surface area is 107 Å². The van der Waals surface area contributed by atoms with Gasteiger partial charge in [0.1, 0.15) is 12.0 Å². The number of piperidine rings is 1. The van der Waals surface area contributed by atoms with Gasteiger partial charge in [-0.1, -0.05) is 6.92 Å². The summed E-state index contributed by atoms with van der Waals surface area (Å²) in [4.78, 5) is 10.2. The fraction of sp³-hybridized carbons (Fsp3) is 0.667. The highest BCUT2D eigenvalue weighted by atomic mass is 16.5. The molecule has 0 amide bonds. The SMILES string of the molecule is CCOc1ncnc(N2CCC(C)C(O)C2)c1N. The number of hydrogen-bond donors (Lipinski definition) is 2. The summed E-state index contributed by atoms with van der Waals surface area (Å²) in [6.07, 6.45) is 2.03. The van der Waals surface area contributed by atoms with Crippen LogP contribution in [0.2, 0.25) is 0 Å². The van der Waals surface area contributed by atoms with Crippen molar-refractivity contribution in [2.24, 2.45) is 5.92 Å². The molecule has 6 nitrogen and oxygen atoms in total. The second-order valence-electron chi connectivity index (χ2n) is 4.63. The van der Waals surface area contributed by atoms with Crippen molar-refractivity contribution < 1.29 is 9.84 Å². The van der Waals surface area contributed by atoms with Gasteiger partial charge in [0.15, 0.2) is 5.82 Å². The lowest BCUT2D eigenvalue weighted by Crippen LogP contribution is -2.43. The summed E-state index contributed by atoms with van der Waals surface area (Å²) < 4.78 is 5.35.